The lowest BCUT2D eigenvalue weighted by Gasteiger charge is -2.28. The standard InChI is InChI=1S/C35H48N6O3/c1-26(42)37-20-23-41(21-11-10-15-29-18-17-28-14-8-9-16-30(28)38-29)22-19-31(34(43)44-35(2,3)4)39-33-25-36-24-32(40-33)27-12-6-5-7-13-27/h5-7,12-13,17-18,24-25,31H,8-11,14-16,19-23H2,1-4H3,(H,37,42)(H,39,40)/t31-/m0/s1. The highest BCUT2D eigenvalue weighted by atomic mass is 16.6. The van der Waals surface area contributed by atoms with E-state index in [9.17, 15) is 9.59 Å². The first-order valence-electron chi connectivity index (χ1n) is 16.0. The second kappa shape index (κ2) is 16.3. The number of carbonyl (C=O) groups excluding carboxylic acids is 2. The van der Waals surface area contributed by atoms with Crippen LogP contribution in [0, 0.1) is 0 Å². The Morgan fingerprint density at radius 2 is 1.75 bits per heavy atom. The van der Waals surface area contributed by atoms with E-state index in [0.29, 0.717) is 31.9 Å². The summed E-state index contributed by atoms with van der Waals surface area (Å²) in [6, 6.07) is 13.7. The summed E-state index contributed by atoms with van der Waals surface area (Å²) in [5, 5.41) is 6.21. The van der Waals surface area contributed by atoms with Crippen LogP contribution in [0.15, 0.2) is 54.9 Å². The van der Waals surface area contributed by atoms with Gasteiger partial charge in [-0.3, -0.25) is 14.8 Å². The van der Waals surface area contributed by atoms with Gasteiger partial charge in [0.05, 0.1) is 18.1 Å². The summed E-state index contributed by atoms with van der Waals surface area (Å²) >= 11 is 0. The van der Waals surface area contributed by atoms with Crippen LogP contribution in [0.5, 0.6) is 0 Å². The van der Waals surface area contributed by atoms with E-state index in [-0.39, 0.29) is 11.9 Å². The number of anilines is 1. The molecule has 0 spiro atoms. The minimum atomic E-state index is -0.621. The van der Waals surface area contributed by atoms with Crippen molar-refractivity contribution in [1.29, 1.82) is 0 Å². The van der Waals surface area contributed by atoms with Gasteiger partial charge in [-0.2, -0.15) is 0 Å². The average Bonchev–Trinajstić information content (AvgIpc) is 3.00. The number of aromatic nitrogens is 3. The molecule has 1 aliphatic carbocycles. The van der Waals surface area contributed by atoms with Gasteiger partial charge in [-0.05, 0) is 90.3 Å². The van der Waals surface area contributed by atoms with Gasteiger partial charge in [-0.1, -0.05) is 36.4 Å². The van der Waals surface area contributed by atoms with Gasteiger partial charge in [0.1, 0.15) is 17.5 Å². The van der Waals surface area contributed by atoms with E-state index >= 15 is 0 Å². The Balaban J connectivity index is 1.38. The quantitative estimate of drug-likeness (QED) is 0.177. The Kier molecular flexibility index (Phi) is 12.2. The van der Waals surface area contributed by atoms with Gasteiger partial charge in [-0.15, -0.1) is 0 Å². The van der Waals surface area contributed by atoms with Gasteiger partial charge in [0.15, 0.2) is 0 Å². The summed E-state index contributed by atoms with van der Waals surface area (Å²) in [7, 11) is 0. The van der Waals surface area contributed by atoms with Gasteiger partial charge >= 0.3 is 5.97 Å². The van der Waals surface area contributed by atoms with Gasteiger partial charge in [0.25, 0.3) is 0 Å². The average molecular weight is 601 g/mol. The zero-order valence-electron chi connectivity index (χ0n) is 26.8. The maximum atomic E-state index is 13.3. The number of benzene rings is 1. The summed E-state index contributed by atoms with van der Waals surface area (Å²) in [5.41, 5.74) is 4.92. The molecule has 3 aromatic rings. The first-order chi connectivity index (χ1) is 21.2. The molecule has 1 aliphatic rings. The predicted molar refractivity (Wildman–Crippen MR) is 174 cm³/mol. The Hall–Kier alpha value is -3.85. The number of ether oxygens (including phenoxy) is 1. The first kappa shape index (κ1) is 33.1. The van der Waals surface area contributed by atoms with Crippen LogP contribution < -0.4 is 10.6 Å². The molecule has 0 bridgehead atoms. The Morgan fingerprint density at radius 1 is 0.955 bits per heavy atom. The minimum Gasteiger partial charge on any atom is -0.458 e. The largest absolute Gasteiger partial charge is 0.458 e. The van der Waals surface area contributed by atoms with E-state index in [2.05, 4.69) is 32.7 Å². The van der Waals surface area contributed by atoms with Crippen molar-refractivity contribution in [2.75, 3.05) is 31.5 Å². The molecule has 9 nitrogen and oxygen atoms in total. The van der Waals surface area contributed by atoms with Crippen molar-refractivity contribution in [3.8, 4) is 11.3 Å². The van der Waals surface area contributed by atoms with E-state index in [1.807, 2.05) is 51.1 Å². The van der Waals surface area contributed by atoms with Crippen molar-refractivity contribution in [3.05, 3.63) is 71.8 Å². The van der Waals surface area contributed by atoms with Crippen LogP contribution in [-0.2, 0) is 33.6 Å². The minimum absolute atomic E-state index is 0.0476. The lowest BCUT2D eigenvalue weighted by Crippen LogP contribution is -2.41. The number of esters is 1. The maximum absolute atomic E-state index is 13.3. The molecule has 44 heavy (non-hydrogen) atoms. The third-order valence-electron chi connectivity index (χ3n) is 7.65. The van der Waals surface area contributed by atoms with Crippen LogP contribution >= 0.6 is 0 Å². The highest BCUT2D eigenvalue weighted by molar-refractivity contribution is 5.79. The molecule has 0 saturated heterocycles. The SMILES string of the molecule is CC(=O)NCCN(CCCCc1ccc2c(n1)CCCC2)CC[C@H](Nc1cncc(-c2ccccc2)n1)C(=O)OC(C)(C)C. The lowest BCUT2D eigenvalue weighted by atomic mass is 9.95. The highest BCUT2D eigenvalue weighted by Crippen LogP contribution is 2.21. The summed E-state index contributed by atoms with van der Waals surface area (Å²) in [4.78, 5) is 41.2. The number of amides is 1. The number of hydrogen-bond acceptors (Lipinski definition) is 8. The number of carbonyl (C=O) groups is 2. The fourth-order valence-electron chi connectivity index (χ4n) is 5.43. The highest BCUT2D eigenvalue weighted by Gasteiger charge is 2.26. The number of fused-ring (bicyclic) bond motifs is 1. The van der Waals surface area contributed by atoms with Gasteiger partial charge in [0.2, 0.25) is 5.91 Å². The molecule has 1 amide bonds. The van der Waals surface area contributed by atoms with Gasteiger partial charge in [0, 0.05) is 43.5 Å². The fourth-order valence-corrected chi connectivity index (χ4v) is 5.43. The molecule has 2 N–H and O–H groups in total. The first-order valence-corrected chi connectivity index (χ1v) is 16.0. The summed E-state index contributed by atoms with van der Waals surface area (Å²) < 4.78 is 5.79. The molecule has 1 aromatic carbocycles. The van der Waals surface area contributed by atoms with Crippen LogP contribution in [0.2, 0.25) is 0 Å². The number of nitrogens with zero attached hydrogens (tertiary/aromatic N) is 4. The van der Waals surface area contributed by atoms with Gasteiger partial charge < -0.3 is 20.3 Å². The van der Waals surface area contributed by atoms with Crippen LogP contribution in [0.25, 0.3) is 11.3 Å². The van der Waals surface area contributed by atoms with Crippen molar-refractivity contribution < 1.29 is 14.3 Å². The zero-order valence-corrected chi connectivity index (χ0v) is 26.8. The molecular weight excluding hydrogens is 552 g/mol. The summed E-state index contributed by atoms with van der Waals surface area (Å²) in [6.07, 6.45) is 11.6. The molecule has 236 valence electrons. The smallest absolute Gasteiger partial charge is 0.329 e. The number of aryl methyl sites for hydroxylation is 3. The lowest BCUT2D eigenvalue weighted by molar-refractivity contribution is -0.156. The number of nitrogens with one attached hydrogen (secondary N) is 2. The van der Waals surface area contributed by atoms with Gasteiger partial charge in [-0.25, -0.2) is 9.78 Å². The number of unbranched alkanes of at least 4 members (excludes halogenated alkanes) is 1. The molecule has 1 atom stereocenters. The normalized spacial score (nSPS) is 13.7. The van der Waals surface area contributed by atoms with Crippen molar-refractivity contribution >= 4 is 17.7 Å². The zero-order chi connectivity index (χ0) is 31.4. The van der Waals surface area contributed by atoms with E-state index in [1.165, 1.54) is 36.7 Å². The molecule has 0 saturated carbocycles. The second-order valence-corrected chi connectivity index (χ2v) is 12.6. The number of rotatable bonds is 15. The molecule has 0 fully saturated rings. The third-order valence-corrected chi connectivity index (χ3v) is 7.65. The molecule has 9 heteroatoms. The summed E-state index contributed by atoms with van der Waals surface area (Å²) in [5.74, 6) is 0.142. The summed E-state index contributed by atoms with van der Waals surface area (Å²) in [6.45, 7) is 9.90. The van der Waals surface area contributed by atoms with Crippen LogP contribution in [0.1, 0.15) is 76.8 Å². The van der Waals surface area contributed by atoms with E-state index < -0.39 is 11.6 Å². The third kappa shape index (κ3) is 11.0. The van der Waals surface area contributed by atoms with E-state index in [4.69, 9.17) is 14.7 Å². The van der Waals surface area contributed by atoms with Crippen molar-refractivity contribution in [1.82, 2.24) is 25.2 Å². The Bertz CT molecular complexity index is 1360. The van der Waals surface area contributed by atoms with Crippen molar-refractivity contribution in [2.24, 2.45) is 0 Å². The fraction of sp³-hybridized carbons (Fsp3) is 0.514. The number of hydrogen-bond donors (Lipinski definition) is 2. The monoisotopic (exact) mass is 600 g/mol. The second-order valence-electron chi connectivity index (χ2n) is 12.6. The topological polar surface area (TPSA) is 109 Å². The van der Waals surface area contributed by atoms with Crippen LogP contribution in [0.3, 0.4) is 0 Å². The molecular formula is C35H48N6O3. The van der Waals surface area contributed by atoms with Crippen molar-refractivity contribution in [3.63, 3.8) is 0 Å². The van der Waals surface area contributed by atoms with Crippen molar-refractivity contribution in [2.45, 2.75) is 90.7 Å². The Labute approximate surface area is 262 Å². The van der Waals surface area contributed by atoms with Crippen LogP contribution in [-0.4, -0.2) is 69.6 Å². The molecule has 2 aromatic heterocycles. The van der Waals surface area contributed by atoms with Crippen LogP contribution in [0.4, 0.5) is 5.82 Å². The molecule has 2 heterocycles. The Morgan fingerprint density at radius 3 is 2.52 bits per heavy atom. The van der Waals surface area contributed by atoms with E-state index in [0.717, 1.165) is 49.9 Å². The molecule has 4 rings (SSSR count). The number of pyridine rings is 1. The molecule has 0 unspecified atom stereocenters. The molecule has 0 radical (unpaired) electrons. The predicted octanol–water partition coefficient (Wildman–Crippen LogP) is 5.39. The molecule has 0 aliphatic heterocycles. The maximum Gasteiger partial charge on any atom is 0.329 e. The van der Waals surface area contributed by atoms with E-state index in [1.54, 1.807) is 12.4 Å².